The number of esters is 1. The Morgan fingerprint density at radius 3 is 2.68 bits per heavy atom. The minimum Gasteiger partial charge on any atom is -0.497 e. The van der Waals surface area contributed by atoms with E-state index in [4.69, 9.17) is 14.2 Å². The summed E-state index contributed by atoms with van der Waals surface area (Å²) in [6.45, 7) is 0.648. The molecule has 2 aliphatic heterocycles. The molecule has 2 amide bonds. The lowest BCUT2D eigenvalue weighted by Gasteiger charge is -2.30. The number of hydrazone groups is 1. The van der Waals surface area contributed by atoms with E-state index >= 15 is 0 Å². The van der Waals surface area contributed by atoms with Gasteiger partial charge in [-0.25, -0.2) is 9.59 Å². The molecule has 3 heterocycles. The minimum absolute atomic E-state index is 0.0514. The topological polar surface area (TPSA) is 123 Å². The SMILES string of the molecule is COC(=O)N[C@](C#Cc1cncc(C2C=NN(C)C2)c1)(CN1Cc2ccc(OC)cc2C1=O)C(=O)OC. The van der Waals surface area contributed by atoms with Crippen LogP contribution in [0.5, 0.6) is 5.75 Å². The second kappa shape index (κ2) is 10.6. The van der Waals surface area contributed by atoms with Crippen molar-refractivity contribution in [2.45, 2.75) is 18.0 Å². The van der Waals surface area contributed by atoms with Crippen molar-refractivity contribution in [3.05, 3.63) is 58.9 Å². The summed E-state index contributed by atoms with van der Waals surface area (Å²) in [5, 5.41) is 8.58. The molecule has 11 heteroatoms. The van der Waals surface area contributed by atoms with E-state index in [0.717, 1.165) is 11.1 Å². The normalized spacial score (nSPS) is 17.4. The number of hydrogen-bond donors (Lipinski definition) is 1. The largest absolute Gasteiger partial charge is 0.497 e. The van der Waals surface area contributed by atoms with Crippen LogP contribution in [0.4, 0.5) is 4.79 Å². The van der Waals surface area contributed by atoms with Crippen molar-refractivity contribution in [2.75, 3.05) is 41.5 Å². The summed E-state index contributed by atoms with van der Waals surface area (Å²) in [5.74, 6) is 5.19. The van der Waals surface area contributed by atoms with Crippen molar-refractivity contribution in [3.63, 3.8) is 0 Å². The molecule has 1 N–H and O–H groups in total. The molecule has 0 saturated heterocycles. The second-order valence-electron chi connectivity index (χ2n) is 8.67. The first-order valence-electron chi connectivity index (χ1n) is 11.4. The van der Waals surface area contributed by atoms with Crippen LogP contribution in [0, 0.1) is 11.8 Å². The number of hydrogen-bond acceptors (Lipinski definition) is 9. The highest BCUT2D eigenvalue weighted by molar-refractivity contribution is 6.00. The number of amides is 2. The number of pyridine rings is 1. The maximum absolute atomic E-state index is 13.2. The van der Waals surface area contributed by atoms with Gasteiger partial charge in [0.25, 0.3) is 5.91 Å². The van der Waals surface area contributed by atoms with Crippen LogP contribution in [-0.2, 0) is 20.8 Å². The molecule has 11 nitrogen and oxygen atoms in total. The van der Waals surface area contributed by atoms with Gasteiger partial charge in [-0.1, -0.05) is 17.9 Å². The molecule has 2 aliphatic rings. The number of nitrogens with one attached hydrogen (secondary N) is 1. The molecule has 4 rings (SSSR count). The van der Waals surface area contributed by atoms with Gasteiger partial charge in [0, 0.05) is 55.8 Å². The van der Waals surface area contributed by atoms with E-state index in [1.165, 1.54) is 26.2 Å². The summed E-state index contributed by atoms with van der Waals surface area (Å²) in [7, 11) is 5.74. The lowest BCUT2D eigenvalue weighted by Crippen LogP contribution is -2.60. The van der Waals surface area contributed by atoms with Crippen LogP contribution in [0.3, 0.4) is 0 Å². The molecule has 192 valence electrons. The molecule has 0 radical (unpaired) electrons. The van der Waals surface area contributed by atoms with E-state index in [2.05, 4.69) is 27.2 Å². The molecule has 0 saturated carbocycles. The van der Waals surface area contributed by atoms with Crippen molar-refractivity contribution in [3.8, 4) is 17.6 Å². The molecule has 2 aromatic rings. The molecule has 1 unspecified atom stereocenters. The summed E-state index contributed by atoms with van der Waals surface area (Å²) >= 11 is 0. The highest BCUT2D eigenvalue weighted by Crippen LogP contribution is 2.28. The van der Waals surface area contributed by atoms with E-state index in [1.807, 2.05) is 24.3 Å². The van der Waals surface area contributed by atoms with Gasteiger partial charge < -0.3 is 19.1 Å². The molecule has 0 fully saturated rings. The summed E-state index contributed by atoms with van der Waals surface area (Å²) in [6, 6.07) is 7.02. The fourth-order valence-corrected chi connectivity index (χ4v) is 4.23. The van der Waals surface area contributed by atoms with Gasteiger partial charge in [-0.3, -0.25) is 20.1 Å². The van der Waals surface area contributed by atoms with Crippen molar-refractivity contribution in [2.24, 2.45) is 5.10 Å². The number of carbonyl (C=O) groups is 3. The van der Waals surface area contributed by atoms with Crippen molar-refractivity contribution in [1.29, 1.82) is 0 Å². The number of rotatable bonds is 6. The van der Waals surface area contributed by atoms with Gasteiger partial charge in [-0.15, -0.1) is 0 Å². The molecule has 0 bridgehead atoms. The van der Waals surface area contributed by atoms with Gasteiger partial charge in [-0.05, 0) is 29.3 Å². The van der Waals surface area contributed by atoms with Crippen LogP contribution in [0.1, 0.15) is 33.0 Å². The number of fused-ring (bicyclic) bond motifs is 1. The van der Waals surface area contributed by atoms with Gasteiger partial charge in [0.2, 0.25) is 5.54 Å². The smallest absolute Gasteiger partial charge is 0.408 e. The van der Waals surface area contributed by atoms with Crippen LogP contribution in [-0.4, -0.2) is 86.1 Å². The maximum Gasteiger partial charge on any atom is 0.408 e. The van der Waals surface area contributed by atoms with Crippen LogP contribution in [0.25, 0.3) is 0 Å². The summed E-state index contributed by atoms with van der Waals surface area (Å²) in [4.78, 5) is 44.3. The Kier molecular flexibility index (Phi) is 7.29. The molecular formula is C26H27N5O6. The number of aromatic nitrogens is 1. The second-order valence-corrected chi connectivity index (χ2v) is 8.67. The predicted octanol–water partition coefficient (Wildman–Crippen LogP) is 1.38. The molecule has 0 aliphatic carbocycles. The zero-order chi connectivity index (χ0) is 26.6. The van der Waals surface area contributed by atoms with Crippen molar-refractivity contribution < 1.29 is 28.6 Å². The number of methoxy groups -OCH3 is 3. The number of ether oxygens (including phenoxy) is 3. The molecule has 1 aromatic carbocycles. The molecule has 37 heavy (non-hydrogen) atoms. The highest BCUT2D eigenvalue weighted by Gasteiger charge is 2.45. The Balaban J connectivity index is 1.69. The summed E-state index contributed by atoms with van der Waals surface area (Å²) in [6.07, 6.45) is 4.21. The third kappa shape index (κ3) is 5.33. The number of nitrogens with zero attached hydrogens (tertiary/aromatic N) is 4. The van der Waals surface area contributed by atoms with Gasteiger partial charge in [0.1, 0.15) is 5.75 Å². The average molecular weight is 506 g/mol. The lowest BCUT2D eigenvalue weighted by molar-refractivity contribution is -0.146. The number of alkyl carbamates (subject to hydrolysis) is 1. The van der Waals surface area contributed by atoms with Crippen LogP contribution < -0.4 is 10.1 Å². The third-order valence-corrected chi connectivity index (χ3v) is 6.17. The van der Waals surface area contributed by atoms with Gasteiger partial charge >= 0.3 is 12.1 Å². The molecule has 0 spiro atoms. The monoisotopic (exact) mass is 505 g/mol. The number of benzene rings is 1. The van der Waals surface area contributed by atoms with Crippen LogP contribution in [0.2, 0.25) is 0 Å². The van der Waals surface area contributed by atoms with E-state index < -0.39 is 17.6 Å². The summed E-state index contributed by atoms with van der Waals surface area (Å²) in [5.41, 5.74) is 0.721. The standard InChI is InChI=1S/C26H27N5O6/c1-30-14-20(13-28-30)19-9-17(11-27-12-19)7-8-26(24(33)36-3,29-25(34)37-4)16-31-15-18-5-6-21(35-2)10-22(18)23(31)32/h5-6,9-13,20H,14-16H2,1-4H3,(H,29,34)/t20?,26-/m1/s1. The Morgan fingerprint density at radius 1 is 1.19 bits per heavy atom. The average Bonchev–Trinajstić information content (AvgIpc) is 3.49. The van der Waals surface area contributed by atoms with Gasteiger partial charge in [-0.2, -0.15) is 5.10 Å². The van der Waals surface area contributed by atoms with E-state index in [9.17, 15) is 14.4 Å². The first kappa shape index (κ1) is 25.5. The fraction of sp³-hybridized carbons (Fsp3) is 0.346. The van der Waals surface area contributed by atoms with Gasteiger partial charge in [0.05, 0.1) is 27.9 Å². The lowest BCUT2D eigenvalue weighted by atomic mass is 9.97. The Morgan fingerprint density at radius 2 is 2.00 bits per heavy atom. The van der Waals surface area contributed by atoms with Crippen LogP contribution >= 0.6 is 0 Å². The van der Waals surface area contributed by atoms with Crippen molar-refractivity contribution >= 4 is 24.2 Å². The number of likely N-dealkylation sites (N-methyl/N-ethyl adjacent to an activating group) is 1. The zero-order valence-corrected chi connectivity index (χ0v) is 21.0. The summed E-state index contributed by atoms with van der Waals surface area (Å²) < 4.78 is 15.0. The molecule has 2 atom stereocenters. The Bertz CT molecular complexity index is 1320. The minimum atomic E-state index is -1.91. The molecular weight excluding hydrogens is 478 g/mol. The van der Waals surface area contributed by atoms with E-state index in [-0.39, 0.29) is 24.9 Å². The maximum atomic E-state index is 13.2. The van der Waals surface area contributed by atoms with Crippen molar-refractivity contribution in [1.82, 2.24) is 20.2 Å². The molecule has 1 aromatic heterocycles. The first-order chi connectivity index (χ1) is 17.8. The van der Waals surface area contributed by atoms with E-state index in [1.54, 1.807) is 30.6 Å². The fourth-order valence-electron chi connectivity index (χ4n) is 4.23. The van der Waals surface area contributed by atoms with Gasteiger partial charge in [0.15, 0.2) is 0 Å². The predicted molar refractivity (Wildman–Crippen MR) is 133 cm³/mol. The Labute approximate surface area is 214 Å². The first-order valence-corrected chi connectivity index (χ1v) is 11.4. The number of carbonyl (C=O) groups excluding carboxylic acids is 3. The zero-order valence-electron chi connectivity index (χ0n) is 21.0. The third-order valence-electron chi connectivity index (χ3n) is 6.17. The van der Waals surface area contributed by atoms with Crippen LogP contribution in [0.15, 0.2) is 41.8 Å². The quantitative estimate of drug-likeness (QED) is 0.462. The Hall–Kier alpha value is -4.59. The van der Waals surface area contributed by atoms with E-state index in [0.29, 0.717) is 23.4 Å². The highest BCUT2D eigenvalue weighted by atomic mass is 16.5.